The van der Waals surface area contributed by atoms with E-state index in [2.05, 4.69) is 26.1 Å². The molecular weight excluding hydrogens is 298 g/mol. The minimum atomic E-state index is -0.539. The zero-order chi connectivity index (χ0) is 17.0. The van der Waals surface area contributed by atoms with Crippen molar-refractivity contribution in [3.63, 3.8) is 0 Å². The largest absolute Gasteiger partial charge is 0.379 e. The second kappa shape index (κ2) is 7.14. The molecule has 0 aromatic carbocycles. The van der Waals surface area contributed by atoms with Crippen molar-refractivity contribution in [2.45, 2.75) is 44.9 Å². The smallest absolute Gasteiger partial charge is 0.253 e. The fourth-order valence-corrected chi connectivity index (χ4v) is 2.43. The zero-order valence-corrected chi connectivity index (χ0v) is 13.9. The average Bonchev–Trinajstić information content (AvgIpc) is 2.96. The molecule has 7 nitrogen and oxygen atoms in total. The van der Waals surface area contributed by atoms with Gasteiger partial charge in [-0.15, -0.1) is 0 Å². The van der Waals surface area contributed by atoms with E-state index in [-0.39, 0.29) is 30.2 Å². The van der Waals surface area contributed by atoms with E-state index in [1.807, 2.05) is 17.0 Å². The lowest BCUT2D eigenvalue weighted by molar-refractivity contribution is -0.129. The predicted molar refractivity (Wildman–Crippen MR) is 85.1 cm³/mol. The summed E-state index contributed by atoms with van der Waals surface area (Å²) in [4.78, 5) is 23.3. The number of carbonyl (C=O) groups is 2. The van der Waals surface area contributed by atoms with Crippen molar-refractivity contribution in [3.05, 3.63) is 24.0 Å². The number of carbonyl (C=O) groups excluding carboxylic acids is 2. The third-order valence-corrected chi connectivity index (χ3v) is 3.79. The van der Waals surface area contributed by atoms with Crippen molar-refractivity contribution in [3.8, 4) is 0 Å². The Kier molecular flexibility index (Phi) is 5.43. The monoisotopic (exact) mass is 323 g/mol. The van der Waals surface area contributed by atoms with Crippen LogP contribution in [0.5, 0.6) is 0 Å². The Morgan fingerprint density at radius 1 is 1.48 bits per heavy atom. The first-order valence-electron chi connectivity index (χ1n) is 7.74. The Labute approximate surface area is 136 Å². The summed E-state index contributed by atoms with van der Waals surface area (Å²) in [6.07, 6.45) is 3.98. The number of nitrogens with zero attached hydrogens (tertiary/aromatic N) is 1. The van der Waals surface area contributed by atoms with Crippen molar-refractivity contribution >= 4 is 11.8 Å². The maximum atomic E-state index is 12.4. The van der Waals surface area contributed by atoms with Gasteiger partial charge in [0.25, 0.3) is 5.91 Å². The molecule has 23 heavy (non-hydrogen) atoms. The van der Waals surface area contributed by atoms with Gasteiger partial charge in [0.05, 0.1) is 18.2 Å². The van der Waals surface area contributed by atoms with Gasteiger partial charge in [-0.05, 0) is 33.3 Å². The third kappa shape index (κ3) is 4.80. The minimum Gasteiger partial charge on any atom is -0.379 e. The molecule has 128 valence electrons. The van der Waals surface area contributed by atoms with Crippen LogP contribution in [0.2, 0.25) is 0 Å². The van der Waals surface area contributed by atoms with Crippen molar-refractivity contribution in [1.29, 1.82) is 0 Å². The summed E-state index contributed by atoms with van der Waals surface area (Å²) in [6.45, 7) is 6.91. The van der Waals surface area contributed by atoms with Crippen molar-refractivity contribution in [2.24, 2.45) is 5.73 Å². The third-order valence-electron chi connectivity index (χ3n) is 3.79. The van der Waals surface area contributed by atoms with Crippen LogP contribution >= 0.6 is 0 Å². The summed E-state index contributed by atoms with van der Waals surface area (Å²) in [5, 5.41) is 2.96. The number of hydrogen-bond donors (Lipinski definition) is 2. The normalized spacial score (nSPS) is 21.9. The second-order valence-corrected chi connectivity index (χ2v) is 6.74. The van der Waals surface area contributed by atoms with Gasteiger partial charge in [-0.1, -0.05) is 0 Å². The SMILES string of the molecule is CC(C)(C)n1ccc(C(=O)N[C@@H]2CCOC[C@H]2OCC(N)=O)c1. The summed E-state index contributed by atoms with van der Waals surface area (Å²) in [6, 6.07) is 1.59. The van der Waals surface area contributed by atoms with Gasteiger partial charge in [-0.3, -0.25) is 9.59 Å². The number of hydrogen-bond acceptors (Lipinski definition) is 4. The first kappa shape index (κ1) is 17.5. The summed E-state index contributed by atoms with van der Waals surface area (Å²) < 4.78 is 12.8. The molecule has 1 aromatic rings. The van der Waals surface area contributed by atoms with Gasteiger partial charge in [-0.2, -0.15) is 0 Å². The summed E-state index contributed by atoms with van der Waals surface area (Å²) in [5.41, 5.74) is 5.61. The molecule has 0 radical (unpaired) electrons. The van der Waals surface area contributed by atoms with Crippen molar-refractivity contribution in [1.82, 2.24) is 9.88 Å². The predicted octanol–water partition coefficient (Wildman–Crippen LogP) is 0.632. The highest BCUT2D eigenvalue weighted by molar-refractivity contribution is 5.94. The van der Waals surface area contributed by atoms with Crippen LogP contribution < -0.4 is 11.1 Å². The molecule has 0 aliphatic carbocycles. The number of aromatic nitrogens is 1. The van der Waals surface area contributed by atoms with Gasteiger partial charge in [0.15, 0.2) is 0 Å². The number of nitrogens with one attached hydrogen (secondary N) is 1. The molecule has 3 N–H and O–H groups in total. The lowest BCUT2D eigenvalue weighted by Crippen LogP contribution is -2.50. The van der Waals surface area contributed by atoms with E-state index in [1.54, 1.807) is 6.07 Å². The summed E-state index contributed by atoms with van der Waals surface area (Å²) in [5.74, 6) is -0.699. The van der Waals surface area contributed by atoms with Crippen LogP contribution in [0.4, 0.5) is 0 Å². The number of primary amides is 1. The van der Waals surface area contributed by atoms with Gasteiger partial charge < -0.3 is 25.1 Å². The van der Waals surface area contributed by atoms with Crippen LogP contribution in [-0.4, -0.2) is 48.3 Å². The molecule has 1 saturated heterocycles. The molecule has 1 fully saturated rings. The molecule has 7 heteroatoms. The Balaban J connectivity index is 1.99. The van der Waals surface area contributed by atoms with E-state index < -0.39 is 5.91 Å². The maximum Gasteiger partial charge on any atom is 0.253 e. The Morgan fingerprint density at radius 3 is 2.83 bits per heavy atom. The topological polar surface area (TPSA) is 95.6 Å². The van der Waals surface area contributed by atoms with Crippen LogP contribution in [0.15, 0.2) is 18.5 Å². The first-order chi connectivity index (χ1) is 10.8. The minimum absolute atomic E-state index is 0.0790. The molecule has 0 unspecified atom stereocenters. The molecular formula is C16H25N3O4. The Hall–Kier alpha value is -1.86. The Bertz CT molecular complexity index is 562. The fourth-order valence-electron chi connectivity index (χ4n) is 2.43. The lowest BCUT2D eigenvalue weighted by atomic mass is 10.1. The highest BCUT2D eigenvalue weighted by Crippen LogP contribution is 2.17. The van der Waals surface area contributed by atoms with E-state index in [4.69, 9.17) is 15.2 Å². The van der Waals surface area contributed by atoms with Crippen LogP contribution in [0.1, 0.15) is 37.6 Å². The molecule has 2 atom stereocenters. The van der Waals surface area contributed by atoms with E-state index in [0.717, 1.165) is 0 Å². The van der Waals surface area contributed by atoms with E-state index >= 15 is 0 Å². The highest BCUT2D eigenvalue weighted by Gasteiger charge is 2.29. The van der Waals surface area contributed by atoms with Crippen molar-refractivity contribution in [2.75, 3.05) is 19.8 Å². The highest BCUT2D eigenvalue weighted by atomic mass is 16.5. The Morgan fingerprint density at radius 2 is 2.22 bits per heavy atom. The second-order valence-electron chi connectivity index (χ2n) is 6.74. The van der Waals surface area contributed by atoms with Gasteiger partial charge in [0.1, 0.15) is 12.7 Å². The van der Waals surface area contributed by atoms with Gasteiger partial charge in [0.2, 0.25) is 5.91 Å². The summed E-state index contributed by atoms with van der Waals surface area (Å²) >= 11 is 0. The zero-order valence-electron chi connectivity index (χ0n) is 13.9. The molecule has 2 heterocycles. The number of amides is 2. The number of rotatable bonds is 5. The standard InChI is InChI=1S/C16H25N3O4/c1-16(2,3)19-6-4-11(8-19)15(21)18-12-5-7-22-9-13(12)23-10-14(17)20/h4,6,8,12-13H,5,7,9-10H2,1-3H3,(H2,17,20)(H,18,21)/t12-,13-/m1/s1. The van der Waals surface area contributed by atoms with E-state index in [1.165, 1.54) is 0 Å². The van der Waals surface area contributed by atoms with Gasteiger partial charge in [-0.25, -0.2) is 0 Å². The quantitative estimate of drug-likeness (QED) is 0.831. The molecule has 0 saturated carbocycles. The van der Waals surface area contributed by atoms with Crippen LogP contribution in [-0.2, 0) is 19.8 Å². The van der Waals surface area contributed by atoms with E-state index in [9.17, 15) is 9.59 Å². The molecule has 0 bridgehead atoms. The van der Waals surface area contributed by atoms with Crippen LogP contribution in [0, 0.1) is 0 Å². The molecule has 1 aliphatic rings. The summed E-state index contributed by atoms with van der Waals surface area (Å²) in [7, 11) is 0. The van der Waals surface area contributed by atoms with Crippen molar-refractivity contribution < 1.29 is 19.1 Å². The number of ether oxygens (including phenoxy) is 2. The van der Waals surface area contributed by atoms with Gasteiger partial charge in [0, 0.05) is 24.5 Å². The lowest BCUT2D eigenvalue weighted by Gasteiger charge is -2.31. The van der Waals surface area contributed by atoms with Crippen LogP contribution in [0.3, 0.4) is 0 Å². The number of nitrogens with two attached hydrogens (primary N) is 1. The van der Waals surface area contributed by atoms with Gasteiger partial charge >= 0.3 is 0 Å². The van der Waals surface area contributed by atoms with E-state index in [0.29, 0.717) is 25.2 Å². The van der Waals surface area contributed by atoms with Crippen LogP contribution in [0.25, 0.3) is 0 Å². The molecule has 1 aromatic heterocycles. The maximum absolute atomic E-state index is 12.4. The average molecular weight is 323 g/mol. The first-order valence-corrected chi connectivity index (χ1v) is 7.74. The fraction of sp³-hybridized carbons (Fsp3) is 0.625. The molecule has 1 aliphatic heterocycles. The molecule has 0 spiro atoms. The molecule has 2 rings (SSSR count). The molecule has 2 amide bonds.